The number of pyridine rings is 1. The summed E-state index contributed by atoms with van der Waals surface area (Å²) >= 11 is 6.52. The average molecular weight is 566 g/mol. The van der Waals surface area contributed by atoms with Crippen LogP contribution in [-0.4, -0.2) is 58.4 Å². The van der Waals surface area contributed by atoms with Crippen LogP contribution in [0, 0.1) is 0 Å². The molecule has 1 fully saturated rings. The van der Waals surface area contributed by atoms with Crippen LogP contribution in [0.5, 0.6) is 0 Å². The lowest BCUT2D eigenvalue weighted by molar-refractivity contribution is 0.0498. The van der Waals surface area contributed by atoms with Crippen molar-refractivity contribution in [2.45, 2.75) is 51.8 Å². The number of fused-ring (bicyclic) bond motifs is 3. The van der Waals surface area contributed by atoms with E-state index >= 15 is 0 Å². The molecule has 210 valence electrons. The van der Waals surface area contributed by atoms with Crippen LogP contribution >= 0.6 is 11.6 Å². The second kappa shape index (κ2) is 10.8. The summed E-state index contributed by atoms with van der Waals surface area (Å²) in [6.45, 7) is 6.94. The highest BCUT2D eigenvalue weighted by Crippen LogP contribution is 2.30. The van der Waals surface area contributed by atoms with Gasteiger partial charge in [-0.2, -0.15) is 0 Å². The van der Waals surface area contributed by atoms with Gasteiger partial charge in [0.2, 0.25) is 5.95 Å². The van der Waals surface area contributed by atoms with Crippen LogP contribution in [0.3, 0.4) is 0 Å². The first-order valence-electron chi connectivity index (χ1n) is 13.2. The Morgan fingerprint density at radius 2 is 1.98 bits per heavy atom. The average Bonchev–Trinajstić information content (AvgIpc) is 3.28. The van der Waals surface area contributed by atoms with Crippen LogP contribution in [0.2, 0.25) is 5.02 Å². The van der Waals surface area contributed by atoms with Gasteiger partial charge in [0.25, 0.3) is 5.56 Å². The zero-order valence-electron chi connectivity index (χ0n) is 22.9. The molecule has 3 heterocycles. The molecular formula is C29H32ClN5O5. The minimum Gasteiger partial charge on any atom is -0.465 e. The third kappa shape index (κ3) is 5.62. The smallest absolute Gasteiger partial charge is 0.407 e. The molecule has 1 aliphatic heterocycles. The number of imidazole rings is 1. The molecule has 2 aromatic heterocycles. The third-order valence-corrected chi connectivity index (χ3v) is 7.19. The lowest BCUT2D eigenvalue weighted by atomic mass is 10.1. The van der Waals surface area contributed by atoms with Crippen molar-refractivity contribution in [2.24, 2.45) is 0 Å². The predicted octanol–water partition coefficient (Wildman–Crippen LogP) is 4.86. The van der Waals surface area contributed by atoms with Crippen molar-refractivity contribution in [2.75, 3.05) is 25.1 Å². The molecule has 0 radical (unpaired) electrons. The van der Waals surface area contributed by atoms with E-state index in [9.17, 15) is 14.4 Å². The fraction of sp³-hybridized carbons (Fsp3) is 0.379. The standard InChI is InChI=1S/C29H32ClN5O5/c1-29(2,3)40-28(38)31-19-9-7-13-34(16-19)27-33-23-20-14-17(26(37)39-4)11-12-22(20)32-25(36)24(23)35(27)15-18-8-5-6-10-21(18)30/h5-6,8,10-12,14,19H,7,9,13,15-16H2,1-4H3,(H,31,38)(H,32,36)/t19-/m1/s1. The van der Waals surface area contributed by atoms with Crippen LogP contribution in [0.4, 0.5) is 10.7 Å². The number of esters is 1. The van der Waals surface area contributed by atoms with E-state index in [2.05, 4.69) is 15.2 Å². The Morgan fingerprint density at radius 1 is 1.20 bits per heavy atom. The quantitative estimate of drug-likeness (QED) is 0.332. The Kier molecular flexibility index (Phi) is 7.46. The van der Waals surface area contributed by atoms with Crippen molar-refractivity contribution >= 4 is 51.5 Å². The summed E-state index contributed by atoms with van der Waals surface area (Å²) in [5.41, 5.74) is 1.66. The number of aromatic amines is 1. The van der Waals surface area contributed by atoms with Gasteiger partial charge in [0, 0.05) is 29.5 Å². The molecule has 2 N–H and O–H groups in total. The highest BCUT2D eigenvalue weighted by Gasteiger charge is 2.29. The summed E-state index contributed by atoms with van der Waals surface area (Å²) in [6, 6.07) is 12.3. The number of nitrogens with one attached hydrogen (secondary N) is 2. The van der Waals surface area contributed by atoms with Crippen molar-refractivity contribution in [1.82, 2.24) is 19.9 Å². The molecule has 0 bridgehead atoms. The van der Waals surface area contributed by atoms with Crippen molar-refractivity contribution < 1.29 is 19.1 Å². The first-order chi connectivity index (χ1) is 19.0. The molecule has 4 aromatic rings. The molecule has 0 unspecified atom stereocenters. The number of aromatic nitrogens is 3. The van der Waals surface area contributed by atoms with E-state index in [0.717, 1.165) is 18.4 Å². The van der Waals surface area contributed by atoms with Crippen molar-refractivity contribution in [3.05, 3.63) is 69.0 Å². The number of piperidine rings is 1. The highest BCUT2D eigenvalue weighted by molar-refractivity contribution is 6.31. The molecular weight excluding hydrogens is 534 g/mol. The number of anilines is 1. The van der Waals surface area contributed by atoms with Gasteiger partial charge in [-0.05, 0) is 63.4 Å². The van der Waals surface area contributed by atoms with Gasteiger partial charge in [-0.3, -0.25) is 4.79 Å². The maximum Gasteiger partial charge on any atom is 0.407 e. The maximum absolute atomic E-state index is 13.5. The number of amides is 1. The molecule has 2 aromatic carbocycles. The van der Waals surface area contributed by atoms with Crippen LogP contribution in [0.15, 0.2) is 47.3 Å². The number of alkyl carbamates (subject to hydrolysis) is 1. The number of nitrogens with zero attached hydrogens (tertiary/aromatic N) is 3. The summed E-state index contributed by atoms with van der Waals surface area (Å²) in [5, 5.41) is 4.17. The number of ether oxygens (including phenoxy) is 2. The van der Waals surface area contributed by atoms with E-state index in [1.165, 1.54) is 7.11 Å². The summed E-state index contributed by atoms with van der Waals surface area (Å²) in [5.74, 6) is 0.0937. The molecule has 1 amide bonds. The van der Waals surface area contributed by atoms with Gasteiger partial charge in [-0.25, -0.2) is 14.6 Å². The van der Waals surface area contributed by atoms with Crippen LogP contribution in [0.25, 0.3) is 21.9 Å². The number of H-pyrrole nitrogens is 1. The Labute approximate surface area is 236 Å². The predicted molar refractivity (Wildman–Crippen MR) is 154 cm³/mol. The lowest BCUT2D eigenvalue weighted by Crippen LogP contribution is -2.49. The Hall–Kier alpha value is -4.05. The molecule has 0 saturated carbocycles. The number of halogens is 1. The number of hydrogen-bond acceptors (Lipinski definition) is 7. The zero-order chi connectivity index (χ0) is 28.6. The molecule has 1 saturated heterocycles. The van der Waals surface area contributed by atoms with Crippen molar-refractivity contribution in [3.8, 4) is 0 Å². The number of carbonyl (C=O) groups excluding carboxylic acids is 2. The van der Waals surface area contributed by atoms with E-state index in [4.69, 9.17) is 26.1 Å². The molecule has 0 aliphatic carbocycles. The second-order valence-corrected chi connectivity index (χ2v) is 11.3. The van der Waals surface area contributed by atoms with E-state index in [0.29, 0.717) is 58.1 Å². The Balaban J connectivity index is 1.62. The number of hydrogen-bond donors (Lipinski definition) is 2. The number of benzene rings is 2. The van der Waals surface area contributed by atoms with Gasteiger partial charge in [-0.15, -0.1) is 0 Å². The van der Waals surface area contributed by atoms with Crippen LogP contribution < -0.4 is 15.8 Å². The van der Waals surface area contributed by atoms with Crippen molar-refractivity contribution in [1.29, 1.82) is 0 Å². The number of rotatable bonds is 5. The first kappa shape index (κ1) is 27.5. The van der Waals surface area contributed by atoms with Crippen LogP contribution in [0.1, 0.15) is 49.5 Å². The van der Waals surface area contributed by atoms with Gasteiger partial charge >= 0.3 is 12.1 Å². The molecule has 1 atom stereocenters. The van der Waals surface area contributed by atoms with E-state index in [-0.39, 0.29) is 11.6 Å². The lowest BCUT2D eigenvalue weighted by Gasteiger charge is -2.34. The summed E-state index contributed by atoms with van der Waals surface area (Å²) < 4.78 is 12.2. The maximum atomic E-state index is 13.5. The van der Waals surface area contributed by atoms with Gasteiger partial charge in [0.15, 0.2) is 0 Å². The van der Waals surface area contributed by atoms with E-state index in [1.807, 2.05) is 43.5 Å². The van der Waals surface area contributed by atoms with Gasteiger partial charge in [0.05, 0.1) is 24.7 Å². The van der Waals surface area contributed by atoms with Crippen LogP contribution in [-0.2, 0) is 16.0 Å². The second-order valence-electron chi connectivity index (χ2n) is 10.9. The highest BCUT2D eigenvalue weighted by atomic mass is 35.5. The minimum atomic E-state index is -0.605. The monoisotopic (exact) mass is 565 g/mol. The molecule has 40 heavy (non-hydrogen) atoms. The zero-order valence-corrected chi connectivity index (χ0v) is 23.7. The van der Waals surface area contributed by atoms with E-state index in [1.54, 1.807) is 24.3 Å². The third-order valence-electron chi connectivity index (χ3n) is 6.82. The first-order valence-corrected chi connectivity index (χ1v) is 13.5. The van der Waals surface area contributed by atoms with E-state index < -0.39 is 17.7 Å². The topological polar surface area (TPSA) is 119 Å². The van der Waals surface area contributed by atoms with Gasteiger partial charge in [-0.1, -0.05) is 29.8 Å². The molecule has 1 aliphatic rings. The number of methoxy groups -OCH3 is 1. The minimum absolute atomic E-state index is 0.168. The summed E-state index contributed by atoms with van der Waals surface area (Å²) in [4.78, 5) is 48.2. The molecule has 5 rings (SSSR count). The summed E-state index contributed by atoms with van der Waals surface area (Å²) in [7, 11) is 1.32. The summed E-state index contributed by atoms with van der Waals surface area (Å²) in [6.07, 6.45) is 1.12. The Bertz CT molecular complexity index is 1650. The molecule has 11 heteroatoms. The number of carbonyl (C=O) groups is 2. The van der Waals surface area contributed by atoms with Gasteiger partial charge in [0.1, 0.15) is 16.6 Å². The largest absolute Gasteiger partial charge is 0.465 e. The molecule has 0 spiro atoms. The fourth-order valence-electron chi connectivity index (χ4n) is 5.07. The molecule has 10 nitrogen and oxygen atoms in total. The normalized spacial score (nSPS) is 15.8. The SMILES string of the molecule is COC(=O)c1ccc2[nH]c(=O)c3c(nc(N4CCC[C@@H](NC(=O)OC(C)(C)C)C4)n3Cc3ccccc3Cl)c2c1. The van der Waals surface area contributed by atoms with Crippen molar-refractivity contribution in [3.63, 3.8) is 0 Å². The Morgan fingerprint density at radius 3 is 2.70 bits per heavy atom. The fourth-order valence-corrected chi connectivity index (χ4v) is 5.27. The van der Waals surface area contributed by atoms with Gasteiger partial charge < -0.3 is 29.2 Å².